The summed E-state index contributed by atoms with van der Waals surface area (Å²) in [6.45, 7) is 0. The summed E-state index contributed by atoms with van der Waals surface area (Å²) in [6.07, 6.45) is 0. The number of rotatable bonds is 7. The predicted octanol–water partition coefficient (Wildman–Crippen LogP) is 12.4. The van der Waals surface area contributed by atoms with Crippen LogP contribution in [0.25, 0.3) is 82.5 Å². The molecule has 0 spiro atoms. The molecule has 0 N–H and O–H groups in total. The van der Waals surface area contributed by atoms with Gasteiger partial charge in [0.1, 0.15) is 0 Å². The van der Waals surface area contributed by atoms with Gasteiger partial charge in [0.15, 0.2) is 8.07 Å². The van der Waals surface area contributed by atoms with E-state index in [4.69, 9.17) is 0 Å². The number of aromatic nitrogens is 3. The van der Waals surface area contributed by atoms with Crippen molar-refractivity contribution >= 4 is 94.2 Å². The maximum absolute atomic E-state index is 2.95. The van der Waals surface area contributed by atoms with Crippen LogP contribution in [0.3, 0.4) is 0 Å². The predicted molar refractivity (Wildman–Crippen MR) is 273 cm³/mol. The van der Waals surface area contributed by atoms with E-state index in [0.717, 1.165) is 16.9 Å². The molecular formula is C60H41N3Si. The molecule has 0 saturated carbocycles. The molecule has 0 unspecified atom stereocenters. The van der Waals surface area contributed by atoms with Crippen molar-refractivity contribution < 1.29 is 0 Å². The third-order valence-electron chi connectivity index (χ3n) is 13.6. The van der Waals surface area contributed by atoms with Gasteiger partial charge in [-0.25, -0.2) is 0 Å². The van der Waals surface area contributed by atoms with Crippen LogP contribution in [0.2, 0.25) is 0 Å². The molecule has 0 radical (unpaired) electrons. The van der Waals surface area contributed by atoms with E-state index in [1.165, 1.54) is 86.3 Å². The van der Waals surface area contributed by atoms with Crippen molar-refractivity contribution in [3.63, 3.8) is 0 Å². The van der Waals surface area contributed by atoms with Gasteiger partial charge in [-0.1, -0.05) is 194 Å². The normalized spacial score (nSPS) is 12.1. The molecule has 0 amide bonds. The maximum Gasteiger partial charge on any atom is 0.181 e. The molecule has 0 bridgehead atoms. The van der Waals surface area contributed by atoms with Crippen molar-refractivity contribution in [2.75, 3.05) is 0 Å². The molecule has 4 heteroatoms. The number of benzene rings is 10. The monoisotopic (exact) mass is 831 g/mol. The fourth-order valence-corrected chi connectivity index (χ4v) is 16.0. The summed E-state index contributed by atoms with van der Waals surface area (Å²) in [5.41, 5.74) is 10.6. The summed E-state index contributed by atoms with van der Waals surface area (Å²) in [6, 6.07) is 92.3. The van der Waals surface area contributed by atoms with Crippen LogP contribution < -0.4 is 20.7 Å². The van der Waals surface area contributed by atoms with E-state index >= 15 is 0 Å². The van der Waals surface area contributed by atoms with Gasteiger partial charge in [0.05, 0.1) is 38.8 Å². The molecule has 3 heterocycles. The van der Waals surface area contributed by atoms with E-state index < -0.39 is 8.07 Å². The molecule has 300 valence electrons. The first-order valence-electron chi connectivity index (χ1n) is 22.1. The van der Waals surface area contributed by atoms with Gasteiger partial charge in [-0.3, -0.25) is 0 Å². The Balaban J connectivity index is 1.17. The minimum atomic E-state index is -2.95. The van der Waals surface area contributed by atoms with Crippen LogP contribution in [0, 0.1) is 0 Å². The number of nitrogens with zero attached hydrogens (tertiary/aromatic N) is 3. The highest BCUT2D eigenvalue weighted by atomic mass is 28.3. The van der Waals surface area contributed by atoms with Gasteiger partial charge in [0.2, 0.25) is 0 Å². The van der Waals surface area contributed by atoms with Gasteiger partial charge < -0.3 is 13.7 Å². The highest BCUT2D eigenvalue weighted by Gasteiger charge is 2.43. The molecule has 13 rings (SSSR count). The zero-order chi connectivity index (χ0) is 42.2. The topological polar surface area (TPSA) is 14.8 Å². The summed E-state index contributed by atoms with van der Waals surface area (Å²) < 4.78 is 7.50. The molecule has 0 aliphatic heterocycles. The fourth-order valence-electron chi connectivity index (χ4n) is 11.0. The van der Waals surface area contributed by atoms with E-state index in [0.29, 0.717) is 0 Å². The van der Waals surface area contributed by atoms with Gasteiger partial charge in [-0.05, 0) is 75.3 Å². The number of hydrogen-bond acceptors (Lipinski definition) is 0. The lowest BCUT2D eigenvalue weighted by Gasteiger charge is -2.35. The Kier molecular flexibility index (Phi) is 8.23. The van der Waals surface area contributed by atoms with Crippen LogP contribution in [0.4, 0.5) is 0 Å². The third kappa shape index (κ3) is 5.21. The van der Waals surface area contributed by atoms with Gasteiger partial charge in [-0.2, -0.15) is 0 Å². The average molecular weight is 832 g/mol. The number of fused-ring (bicyclic) bond motifs is 9. The van der Waals surface area contributed by atoms with Crippen molar-refractivity contribution in [2.45, 2.75) is 0 Å². The molecule has 0 aliphatic rings. The highest BCUT2D eigenvalue weighted by Crippen LogP contribution is 2.41. The molecule has 10 aromatic carbocycles. The van der Waals surface area contributed by atoms with Crippen molar-refractivity contribution in [3.8, 4) is 17.1 Å². The zero-order valence-corrected chi connectivity index (χ0v) is 36.0. The van der Waals surface area contributed by atoms with E-state index in [9.17, 15) is 0 Å². The van der Waals surface area contributed by atoms with Crippen molar-refractivity contribution in [1.82, 2.24) is 13.7 Å². The smallest absolute Gasteiger partial charge is 0.181 e. The molecule has 13 aromatic rings. The summed E-state index contributed by atoms with van der Waals surface area (Å²) in [7, 11) is -2.95. The Morgan fingerprint density at radius 3 is 1.30 bits per heavy atom. The molecule has 3 nitrogen and oxygen atoms in total. The molecule has 0 aliphatic carbocycles. The van der Waals surface area contributed by atoms with Crippen LogP contribution in [-0.4, -0.2) is 21.8 Å². The van der Waals surface area contributed by atoms with Gasteiger partial charge in [0.25, 0.3) is 0 Å². The standard InChI is InChI=1S/C60H41N3Si/c1-5-21-42(22-6-1)61-55-36-20-37-56(63-53-34-17-13-29-47(53)48-30-14-18-35-54(48)63)59(55)51-40-39-43(41-57(51)61)62-52-33-16-15-31-49(52)50-32-19-38-58(60(50)62)64(44-23-7-2-8-24-44,45-25-9-3-10-26-45)46-27-11-4-12-28-46/h1-41H. The molecule has 0 saturated heterocycles. The van der Waals surface area contributed by atoms with Gasteiger partial charge >= 0.3 is 0 Å². The Morgan fingerprint density at radius 1 is 0.266 bits per heavy atom. The van der Waals surface area contributed by atoms with Crippen molar-refractivity contribution in [3.05, 3.63) is 249 Å². The molecular weight excluding hydrogens is 791 g/mol. The van der Waals surface area contributed by atoms with Crippen molar-refractivity contribution in [2.24, 2.45) is 0 Å². The van der Waals surface area contributed by atoms with Crippen LogP contribution >= 0.6 is 0 Å². The summed E-state index contributed by atoms with van der Waals surface area (Å²) >= 11 is 0. The molecule has 64 heavy (non-hydrogen) atoms. The number of hydrogen-bond donors (Lipinski definition) is 0. The van der Waals surface area contributed by atoms with E-state index in [1.807, 2.05) is 0 Å². The molecule has 0 atom stereocenters. The first kappa shape index (κ1) is 36.5. The second-order valence-electron chi connectivity index (χ2n) is 16.8. The lowest BCUT2D eigenvalue weighted by Crippen LogP contribution is -2.75. The van der Waals surface area contributed by atoms with E-state index in [-0.39, 0.29) is 0 Å². The van der Waals surface area contributed by atoms with Crippen LogP contribution in [0.5, 0.6) is 0 Å². The molecule has 3 aromatic heterocycles. The van der Waals surface area contributed by atoms with E-state index in [1.54, 1.807) is 0 Å². The first-order valence-corrected chi connectivity index (χ1v) is 24.1. The van der Waals surface area contributed by atoms with Crippen molar-refractivity contribution in [1.29, 1.82) is 0 Å². The molecule has 0 fully saturated rings. The minimum absolute atomic E-state index is 1.13. The lowest BCUT2D eigenvalue weighted by molar-refractivity contribution is 1.15. The second-order valence-corrected chi connectivity index (χ2v) is 20.6. The SMILES string of the molecule is c1ccc(-n2c3cc(-n4c5ccccc5c5cccc([Si](c6ccccc6)(c6ccccc6)c6ccccc6)c54)ccc3c3c(-n4c5ccccc5c5ccccc54)cccc32)cc1. The quantitative estimate of drug-likeness (QED) is 0.112. The second kappa shape index (κ2) is 14.5. The lowest BCUT2D eigenvalue weighted by atomic mass is 10.1. The average Bonchev–Trinajstić information content (AvgIpc) is 4.01. The zero-order valence-electron chi connectivity index (χ0n) is 35.0. The third-order valence-corrected chi connectivity index (χ3v) is 18.4. The maximum atomic E-state index is 2.57. The van der Waals surface area contributed by atoms with Crippen LogP contribution in [0.15, 0.2) is 249 Å². The van der Waals surface area contributed by atoms with Gasteiger partial charge in [0, 0.05) is 43.7 Å². The summed E-state index contributed by atoms with van der Waals surface area (Å²) in [4.78, 5) is 0. The Morgan fingerprint density at radius 2 is 0.719 bits per heavy atom. The number of para-hydroxylation sites is 5. The largest absolute Gasteiger partial charge is 0.309 e. The fraction of sp³-hybridized carbons (Fsp3) is 0. The van der Waals surface area contributed by atoms with Crippen LogP contribution in [0.1, 0.15) is 0 Å². The Labute approximate surface area is 372 Å². The Hall–Kier alpha value is -8.18. The highest BCUT2D eigenvalue weighted by molar-refractivity contribution is 7.20. The van der Waals surface area contributed by atoms with E-state index in [2.05, 4.69) is 262 Å². The first-order chi connectivity index (χ1) is 31.8. The van der Waals surface area contributed by atoms with Crippen LogP contribution in [-0.2, 0) is 0 Å². The summed E-state index contributed by atoms with van der Waals surface area (Å²) in [5, 5.41) is 12.9. The summed E-state index contributed by atoms with van der Waals surface area (Å²) in [5.74, 6) is 0. The minimum Gasteiger partial charge on any atom is -0.309 e. The van der Waals surface area contributed by atoms with Gasteiger partial charge in [-0.15, -0.1) is 0 Å². The Bertz CT molecular complexity index is 3730.